The molecule has 6 nitrogen and oxygen atoms in total. The zero-order valence-corrected chi connectivity index (χ0v) is 14.6. The van der Waals surface area contributed by atoms with E-state index < -0.39 is 0 Å². The third kappa shape index (κ3) is 3.18. The molecule has 1 atom stereocenters. The topological polar surface area (TPSA) is 71.3 Å². The van der Waals surface area contributed by atoms with Crippen LogP contribution in [-0.2, 0) is 10.3 Å². The largest absolute Gasteiger partial charge is 0.345 e. The van der Waals surface area contributed by atoms with Crippen LogP contribution in [0.2, 0.25) is 0 Å². The van der Waals surface area contributed by atoms with Gasteiger partial charge in [0.15, 0.2) is 5.82 Å². The first-order valence-electron chi connectivity index (χ1n) is 9.07. The van der Waals surface area contributed by atoms with Crippen molar-refractivity contribution in [3.8, 4) is 0 Å². The first-order chi connectivity index (χ1) is 12.2. The Balaban J connectivity index is 1.43. The third-order valence-corrected chi connectivity index (χ3v) is 5.46. The molecule has 1 amide bonds. The first kappa shape index (κ1) is 16.3. The molecule has 25 heavy (non-hydrogen) atoms. The molecule has 0 bridgehead atoms. The van der Waals surface area contributed by atoms with E-state index in [1.807, 2.05) is 18.2 Å². The van der Waals surface area contributed by atoms with Crippen LogP contribution < -0.4 is 5.32 Å². The number of nitrogens with zero attached hydrogens (tertiary/aromatic N) is 3. The Hall–Kier alpha value is -2.21. The molecule has 1 saturated heterocycles. The van der Waals surface area contributed by atoms with Crippen LogP contribution in [0, 0.1) is 6.92 Å². The Morgan fingerprint density at radius 1 is 1.32 bits per heavy atom. The van der Waals surface area contributed by atoms with Gasteiger partial charge in [-0.3, -0.25) is 9.69 Å². The maximum Gasteiger partial charge on any atom is 0.234 e. The molecule has 4 rings (SSSR count). The van der Waals surface area contributed by atoms with Gasteiger partial charge in [0.1, 0.15) is 0 Å². The number of benzene rings is 1. The minimum Gasteiger partial charge on any atom is -0.345 e. The van der Waals surface area contributed by atoms with E-state index in [1.165, 1.54) is 5.56 Å². The fourth-order valence-electron chi connectivity index (χ4n) is 4.02. The molecule has 1 saturated carbocycles. The molecule has 2 aromatic rings. The third-order valence-electron chi connectivity index (χ3n) is 5.46. The van der Waals surface area contributed by atoms with Crippen LogP contribution in [0.5, 0.6) is 0 Å². The quantitative estimate of drug-likeness (QED) is 0.906. The molecular formula is C19H24N4O2. The summed E-state index contributed by atoms with van der Waals surface area (Å²) in [5.41, 5.74) is 1.03. The van der Waals surface area contributed by atoms with Gasteiger partial charge in [-0.05, 0) is 44.2 Å². The molecule has 132 valence electrons. The number of amides is 1. The zero-order valence-electron chi connectivity index (χ0n) is 14.6. The lowest BCUT2D eigenvalue weighted by Crippen LogP contribution is -2.53. The Bertz CT molecular complexity index is 739. The Morgan fingerprint density at radius 2 is 2.12 bits per heavy atom. The predicted octanol–water partition coefficient (Wildman–Crippen LogP) is 2.71. The SMILES string of the molecule is Cc1nc([C@H]2CCCN2CC(=O)NC2(c3ccccc3)CCC2)no1. The van der Waals surface area contributed by atoms with E-state index in [-0.39, 0.29) is 17.5 Å². The van der Waals surface area contributed by atoms with E-state index in [4.69, 9.17) is 4.52 Å². The maximum absolute atomic E-state index is 12.7. The summed E-state index contributed by atoms with van der Waals surface area (Å²) in [6.07, 6.45) is 5.20. The second-order valence-electron chi connectivity index (χ2n) is 7.15. The van der Waals surface area contributed by atoms with Gasteiger partial charge >= 0.3 is 0 Å². The zero-order chi connectivity index (χ0) is 17.3. The molecule has 1 aromatic heterocycles. The van der Waals surface area contributed by atoms with E-state index in [0.717, 1.165) is 38.6 Å². The summed E-state index contributed by atoms with van der Waals surface area (Å²) in [6.45, 7) is 3.07. The van der Waals surface area contributed by atoms with E-state index in [2.05, 4.69) is 32.5 Å². The minimum absolute atomic E-state index is 0.0793. The predicted molar refractivity (Wildman–Crippen MR) is 92.7 cm³/mol. The van der Waals surface area contributed by atoms with Crippen molar-refractivity contribution in [3.05, 3.63) is 47.6 Å². The Kier molecular flexibility index (Phi) is 4.29. The lowest BCUT2D eigenvalue weighted by Gasteiger charge is -2.43. The van der Waals surface area contributed by atoms with Crippen molar-refractivity contribution in [2.45, 2.75) is 50.6 Å². The van der Waals surface area contributed by atoms with Gasteiger partial charge in [0, 0.05) is 6.92 Å². The van der Waals surface area contributed by atoms with E-state index in [1.54, 1.807) is 6.92 Å². The standard InChI is InChI=1S/C19H24N4O2/c1-14-20-18(22-25-14)16-9-5-12-23(16)13-17(24)21-19(10-6-11-19)15-7-3-2-4-8-15/h2-4,7-8,16H,5-6,9-13H2,1H3,(H,21,24)/t16-/m1/s1. The van der Waals surface area contributed by atoms with Gasteiger partial charge in [0.2, 0.25) is 11.8 Å². The molecule has 0 radical (unpaired) electrons. The summed E-state index contributed by atoms with van der Waals surface area (Å²) in [4.78, 5) is 19.3. The minimum atomic E-state index is -0.184. The number of rotatable bonds is 5. The highest BCUT2D eigenvalue weighted by molar-refractivity contribution is 5.79. The van der Waals surface area contributed by atoms with E-state index >= 15 is 0 Å². The molecule has 2 aliphatic rings. The summed E-state index contributed by atoms with van der Waals surface area (Å²) in [5.74, 6) is 1.35. The van der Waals surface area contributed by atoms with Crippen LogP contribution in [-0.4, -0.2) is 34.0 Å². The summed E-state index contributed by atoms with van der Waals surface area (Å²) in [7, 11) is 0. The van der Waals surface area contributed by atoms with Crippen molar-refractivity contribution >= 4 is 5.91 Å². The summed E-state index contributed by atoms with van der Waals surface area (Å²) < 4.78 is 5.11. The molecule has 1 aromatic carbocycles. The van der Waals surface area contributed by atoms with Crippen LogP contribution in [0.25, 0.3) is 0 Å². The van der Waals surface area contributed by atoms with Gasteiger partial charge in [-0.15, -0.1) is 0 Å². The van der Waals surface area contributed by atoms with Crippen molar-refractivity contribution in [2.75, 3.05) is 13.1 Å². The van der Waals surface area contributed by atoms with Crippen LogP contribution in [0.1, 0.15) is 55.4 Å². The van der Waals surface area contributed by atoms with E-state index in [0.29, 0.717) is 18.3 Å². The van der Waals surface area contributed by atoms with E-state index in [9.17, 15) is 4.79 Å². The second kappa shape index (κ2) is 6.59. The van der Waals surface area contributed by atoms with Crippen LogP contribution in [0.15, 0.2) is 34.9 Å². The van der Waals surface area contributed by atoms with Crippen molar-refractivity contribution in [1.29, 1.82) is 0 Å². The fourth-order valence-corrected chi connectivity index (χ4v) is 4.02. The average Bonchev–Trinajstić information content (AvgIpc) is 3.20. The lowest BCUT2D eigenvalue weighted by molar-refractivity contribution is -0.125. The first-order valence-corrected chi connectivity index (χ1v) is 9.07. The number of carbonyl (C=O) groups is 1. The molecule has 1 aliphatic heterocycles. The molecule has 2 heterocycles. The molecular weight excluding hydrogens is 316 g/mol. The second-order valence-corrected chi connectivity index (χ2v) is 7.15. The Morgan fingerprint density at radius 3 is 2.76 bits per heavy atom. The normalized spacial score (nSPS) is 22.5. The molecule has 2 fully saturated rings. The molecule has 0 spiro atoms. The van der Waals surface area contributed by atoms with Crippen molar-refractivity contribution < 1.29 is 9.32 Å². The van der Waals surface area contributed by atoms with Crippen molar-refractivity contribution in [2.24, 2.45) is 0 Å². The number of carbonyl (C=O) groups excluding carboxylic acids is 1. The van der Waals surface area contributed by atoms with Gasteiger partial charge in [-0.25, -0.2) is 0 Å². The van der Waals surface area contributed by atoms with Gasteiger partial charge in [0.05, 0.1) is 18.1 Å². The highest BCUT2D eigenvalue weighted by atomic mass is 16.5. The van der Waals surface area contributed by atoms with Crippen LogP contribution in [0.3, 0.4) is 0 Å². The highest BCUT2D eigenvalue weighted by Gasteiger charge is 2.40. The van der Waals surface area contributed by atoms with Crippen molar-refractivity contribution in [1.82, 2.24) is 20.4 Å². The molecule has 1 aliphatic carbocycles. The summed E-state index contributed by atoms with van der Waals surface area (Å²) in [5, 5.41) is 7.35. The van der Waals surface area contributed by atoms with Gasteiger partial charge < -0.3 is 9.84 Å². The molecule has 6 heteroatoms. The number of aryl methyl sites for hydroxylation is 1. The fraction of sp³-hybridized carbons (Fsp3) is 0.526. The van der Waals surface area contributed by atoms with Crippen LogP contribution in [0.4, 0.5) is 0 Å². The van der Waals surface area contributed by atoms with Gasteiger partial charge in [-0.1, -0.05) is 35.5 Å². The summed E-state index contributed by atoms with van der Waals surface area (Å²) in [6, 6.07) is 10.4. The highest BCUT2D eigenvalue weighted by Crippen LogP contribution is 2.41. The summed E-state index contributed by atoms with van der Waals surface area (Å²) >= 11 is 0. The molecule has 1 N–H and O–H groups in total. The maximum atomic E-state index is 12.7. The number of aromatic nitrogens is 2. The van der Waals surface area contributed by atoms with Gasteiger partial charge in [-0.2, -0.15) is 4.98 Å². The van der Waals surface area contributed by atoms with Crippen molar-refractivity contribution in [3.63, 3.8) is 0 Å². The number of hydrogen-bond donors (Lipinski definition) is 1. The smallest absolute Gasteiger partial charge is 0.234 e. The number of nitrogens with one attached hydrogen (secondary N) is 1. The van der Waals surface area contributed by atoms with Gasteiger partial charge in [0.25, 0.3) is 0 Å². The number of hydrogen-bond acceptors (Lipinski definition) is 5. The number of likely N-dealkylation sites (tertiary alicyclic amines) is 1. The monoisotopic (exact) mass is 340 g/mol. The average molecular weight is 340 g/mol. The lowest BCUT2D eigenvalue weighted by atomic mass is 9.72. The van der Waals surface area contributed by atoms with Crippen LogP contribution >= 0.6 is 0 Å². The Labute approximate surface area is 147 Å². The molecule has 0 unspecified atom stereocenters.